The normalized spacial score (nSPS) is 11.9. The maximum atomic E-state index is 11.8. The molecule has 2 aromatic heterocycles. The van der Waals surface area contributed by atoms with Crippen molar-refractivity contribution in [3.8, 4) is 6.07 Å². The molecular weight excluding hydrogens is 286 g/mol. The molecule has 0 fully saturated rings. The average molecular weight is 303 g/mol. The molecule has 2 N–H and O–H groups in total. The molecule has 0 spiro atoms. The summed E-state index contributed by atoms with van der Waals surface area (Å²) >= 11 is 1.35. The van der Waals surface area contributed by atoms with Gasteiger partial charge in [-0.25, -0.2) is 0 Å². The van der Waals surface area contributed by atoms with Gasteiger partial charge in [0.2, 0.25) is 5.91 Å². The Balaban J connectivity index is 1.77. The van der Waals surface area contributed by atoms with Crippen LogP contribution in [0.3, 0.4) is 0 Å². The predicted molar refractivity (Wildman–Crippen MR) is 82.1 cm³/mol. The Morgan fingerprint density at radius 1 is 1.62 bits per heavy atom. The minimum Gasteiger partial charge on any atom is -0.315 e. The van der Waals surface area contributed by atoms with Crippen LogP contribution in [0.4, 0.5) is 5.00 Å². The Bertz CT molecular complexity index is 654. The number of nitriles is 1. The molecule has 0 radical (unpaired) electrons. The topological polar surface area (TPSA) is 82.7 Å². The first kappa shape index (κ1) is 15.2. The summed E-state index contributed by atoms with van der Waals surface area (Å²) in [6.07, 6.45) is 3.77. The fourth-order valence-corrected chi connectivity index (χ4v) is 2.60. The number of aromatic nitrogens is 2. The molecule has 110 valence electrons. The van der Waals surface area contributed by atoms with Crippen LogP contribution < -0.4 is 10.6 Å². The first-order chi connectivity index (χ1) is 10.1. The highest BCUT2D eigenvalue weighted by molar-refractivity contribution is 7.14. The molecule has 0 aliphatic rings. The number of amides is 1. The third-order valence-electron chi connectivity index (χ3n) is 2.87. The van der Waals surface area contributed by atoms with Crippen molar-refractivity contribution in [1.29, 1.82) is 5.26 Å². The lowest BCUT2D eigenvalue weighted by Crippen LogP contribution is -2.36. The molecular formula is C14H17N5OS. The van der Waals surface area contributed by atoms with Crippen LogP contribution in [-0.4, -0.2) is 28.3 Å². The summed E-state index contributed by atoms with van der Waals surface area (Å²) in [5.74, 6) is -0.155. The number of carbonyl (C=O) groups excluding carboxylic acids is 1. The summed E-state index contributed by atoms with van der Waals surface area (Å²) in [7, 11) is 0. The zero-order valence-electron chi connectivity index (χ0n) is 12.0. The Morgan fingerprint density at radius 2 is 2.43 bits per heavy atom. The molecule has 2 aromatic rings. The van der Waals surface area contributed by atoms with Gasteiger partial charge < -0.3 is 10.6 Å². The smallest absolute Gasteiger partial charge is 0.238 e. The van der Waals surface area contributed by atoms with Crippen molar-refractivity contribution in [2.45, 2.75) is 26.4 Å². The van der Waals surface area contributed by atoms with E-state index >= 15 is 0 Å². The fraction of sp³-hybridized carbons (Fsp3) is 0.357. The number of carbonyl (C=O) groups is 1. The summed E-state index contributed by atoms with van der Waals surface area (Å²) < 4.78 is 1.85. The largest absolute Gasteiger partial charge is 0.315 e. The van der Waals surface area contributed by atoms with Gasteiger partial charge in [-0.1, -0.05) is 0 Å². The molecule has 0 aliphatic carbocycles. The Kier molecular flexibility index (Phi) is 5.09. The van der Waals surface area contributed by atoms with Crippen LogP contribution in [-0.2, 0) is 11.3 Å². The predicted octanol–water partition coefficient (Wildman–Crippen LogP) is 1.74. The summed E-state index contributed by atoms with van der Waals surface area (Å²) in [5, 5.41) is 21.3. The van der Waals surface area contributed by atoms with Crippen LogP contribution in [0.5, 0.6) is 0 Å². The van der Waals surface area contributed by atoms with Gasteiger partial charge in [0, 0.05) is 12.2 Å². The van der Waals surface area contributed by atoms with E-state index in [0.29, 0.717) is 17.1 Å². The number of hydrogen-bond acceptors (Lipinski definition) is 5. The zero-order valence-corrected chi connectivity index (χ0v) is 12.8. The second-order valence-corrected chi connectivity index (χ2v) is 5.76. The minimum atomic E-state index is -0.155. The zero-order chi connectivity index (χ0) is 15.2. The maximum absolute atomic E-state index is 11.8. The molecule has 0 saturated heterocycles. The van der Waals surface area contributed by atoms with Gasteiger partial charge in [-0.2, -0.15) is 10.4 Å². The van der Waals surface area contributed by atoms with Gasteiger partial charge in [-0.15, -0.1) is 11.3 Å². The van der Waals surface area contributed by atoms with E-state index in [2.05, 4.69) is 15.7 Å². The number of aryl methyl sites for hydroxylation is 1. The average Bonchev–Trinajstić information content (AvgIpc) is 3.05. The lowest BCUT2D eigenvalue weighted by Gasteiger charge is -2.13. The van der Waals surface area contributed by atoms with Gasteiger partial charge in [0.15, 0.2) is 0 Å². The number of thiophene rings is 1. The molecule has 0 saturated carbocycles. The molecule has 21 heavy (non-hydrogen) atoms. The molecule has 1 unspecified atom stereocenters. The highest BCUT2D eigenvalue weighted by atomic mass is 32.1. The molecule has 7 heteroatoms. The van der Waals surface area contributed by atoms with Crippen LogP contribution in [0.2, 0.25) is 0 Å². The van der Waals surface area contributed by atoms with Gasteiger partial charge >= 0.3 is 0 Å². The van der Waals surface area contributed by atoms with Gasteiger partial charge in [0.05, 0.1) is 24.8 Å². The number of nitrogens with zero attached hydrogens (tertiary/aromatic N) is 3. The standard InChI is InChI=1S/C14H17N5OS/c1-10-6-17-19(8-10)9-11(2)16-7-13(20)18-14-12(5-15)3-4-21-14/h3-4,6,8,11,16H,7,9H2,1-2H3,(H,18,20). The molecule has 0 bridgehead atoms. The van der Waals surface area contributed by atoms with Crippen molar-refractivity contribution in [3.05, 3.63) is 35.0 Å². The molecule has 2 rings (SSSR count). The Hall–Kier alpha value is -2.17. The van der Waals surface area contributed by atoms with E-state index in [1.54, 1.807) is 17.6 Å². The van der Waals surface area contributed by atoms with Crippen LogP contribution in [0.1, 0.15) is 18.1 Å². The molecule has 0 aromatic carbocycles. The SMILES string of the molecule is Cc1cnn(CC(C)NCC(=O)Nc2sccc2C#N)c1. The summed E-state index contributed by atoms with van der Waals surface area (Å²) in [4.78, 5) is 11.8. The molecule has 6 nitrogen and oxygen atoms in total. The lowest BCUT2D eigenvalue weighted by molar-refractivity contribution is -0.115. The second-order valence-electron chi connectivity index (χ2n) is 4.85. The summed E-state index contributed by atoms with van der Waals surface area (Å²) in [5.41, 5.74) is 1.61. The van der Waals surface area contributed by atoms with E-state index in [-0.39, 0.29) is 18.5 Å². The summed E-state index contributed by atoms with van der Waals surface area (Å²) in [6, 6.07) is 3.85. The Morgan fingerprint density at radius 3 is 3.10 bits per heavy atom. The number of rotatable bonds is 6. The van der Waals surface area contributed by atoms with E-state index in [4.69, 9.17) is 5.26 Å². The number of hydrogen-bond donors (Lipinski definition) is 2. The van der Waals surface area contributed by atoms with Crippen LogP contribution in [0.15, 0.2) is 23.8 Å². The van der Waals surface area contributed by atoms with Gasteiger partial charge in [-0.3, -0.25) is 9.48 Å². The third-order valence-corrected chi connectivity index (χ3v) is 3.70. The van der Waals surface area contributed by atoms with Crippen molar-refractivity contribution in [2.24, 2.45) is 0 Å². The first-order valence-corrected chi connectivity index (χ1v) is 7.46. The fourth-order valence-electron chi connectivity index (χ4n) is 1.84. The monoisotopic (exact) mass is 303 g/mol. The second kappa shape index (κ2) is 7.02. The first-order valence-electron chi connectivity index (χ1n) is 6.58. The molecule has 2 heterocycles. The Labute approximate surface area is 127 Å². The van der Waals surface area contributed by atoms with E-state index in [0.717, 1.165) is 5.56 Å². The van der Waals surface area contributed by atoms with E-state index in [1.807, 2.05) is 30.8 Å². The minimum absolute atomic E-state index is 0.119. The maximum Gasteiger partial charge on any atom is 0.238 e. The third kappa shape index (κ3) is 4.41. The van der Waals surface area contributed by atoms with Gasteiger partial charge in [0.1, 0.15) is 11.1 Å². The van der Waals surface area contributed by atoms with Crippen molar-refractivity contribution < 1.29 is 4.79 Å². The lowest BCUT2D eigenvalue weighted by atomic mass is 10.3. The summed E-state index contributed by atoms with van der Waals surface area (Å²) in [6.45, 7) is 4.88. The van der Waals surface area contributed by atoms with Crippen LogP contribution in [0, 0.1) is 18.3 Å². The molecule has 1 atom stereocenters. The van der Waals surface area contributed by atoms with Crippen molar-refractivity contribution in [1.82, 2.24) is 15.1 Å². The highest BCUT2D eigenvalue weighted by Gasteiger charge is 2.10. The van der Waals surface area contributed by atoms with E-state index < -0.39 is 0 Å². The molecule has 0 aliphatic heterocycles. The van der Waals surface area contributed by atoms with Crippen molar-refractivity contribution >= 4 is 22.2 Å². The number of nitrogens with one attached hydrogen (secondary N) is 2. The quantitative estimate of drug-likeness (QED) is 0.851. The van der Waals surface area contributed by atoms with Crippen molar-refractivity contribution in [2.75, 3.05) is 11.9 Å². The van der Waals surface area contributed by atoms with E-state index in [9.17, 15) is 4.79 Å². The van der Waals surface area contributed by atoms with Gasteiger partial charge in [-0.05, 0) is 30.9 Å². The number of anilines is 1. The van der Waals surface area contributed by atoms with Crippen molar-refractivity contribution in [3.63, 3.8) is 0 Å². The van der Waals surface area contributed by atoms with E-state index in [1.165, 1.54) is 11.3 Å². The highest BCUT2D eigenvalue weighted by Crippen LogP contribution is 2.21. The molecule has 1 amide bonds. The van der Waals surface area contributed by atoms with Crippen LogP contribution in [0.25, 0.3) is 0 Å². The van der Waals surface area contributed by atoms with Gasteiger partial charge in [0.25, 0.3) is 0 Å². The van der Waals surface area contributed by atoms with Crippen LogP contribution >= 0.6 is 11.3 Å².